The van der Waals surface area contributed by atoms with E-state index >= 15 is 0 Å². The lowest BCUT2D eigenvalue weighted by Crippen LogP contribution is -2.13. The zero-order chi connectivity index (χ0) is 18.5. The largest absolute Gasteiger partial charge is 0.308 e. The predicted molar refractivity (Wildman–Crippen MR) is 111 cm³/mol. The lowest BCUT2D eigenvalue weighted by atomic mass is 10.1. The molecule has 3 heteroatoms. The molecule has 4 aromatic rings. The van der Waals surface area contributed by atoms with Crippen molar-refractivity contribution in [2.45, 2.75) is 20.0 Å². The highest BCUT2D eigenvalue weighted by Crippen LogP contribution is 2.23. The van der Waals surface area contributed by atoms with E-state index in [4.69, 9.17) is 5.10 Å². The Balaban J connectivity index is 1.60. The molecule has 1 heterocycles. The Kier molecular flexibility index (Phi) is 5.13. The van der Waals surface area contributed by atoms with Crippen LogP contribution >= 0.6 is 0 Å². The minimum absolute atomic E-state index is 0.769. The number of nitrogens with one attached hydrogen (secondary N) is 1. The van der Waals surface area contributed by atoms with Gasteiger partial charge in [0.1, 0.15) is 0 Å². The third kappa shape index (κ3) is 3.99. The Morgan fingerprint density at radius 1 is 0.741 bits per heavy atom. The summed E-state index contributed by atoms with van der Waals surface area (Å²) in [7, 11) is 0. The molecule has 0 bridgehead atoms. The number of hydrogen-bond donors (Lipinski definition) is 1. The molecule has 0 fully saturated rings. The molecule has 0 atom stereocenters. The quantitative estimate of drug-likeness (QED) is 0.520. The van der Waals surface area contributed by atoms with Gasteiger partial charge in [-0.3, -0.25) is 0 Å². The van der Waals surface area contributed by atoms with Gasteiger partial charge in [0.2, 0.25) is 0 Å². The summed E-state index contributed by atoms with van der Waals surface area (Å²) >= 11 is 0. The molecule has 1 N–H and O–H groups in total. The molecule has 0 radical (unpaired) electrons. The van der Waals surface area contributed by atoms with Crippen LogP contribution in [0.1, 0.15) is 16.7 Å². The maximum Gasteiger partial charge on any atom is 0.0972 e. The Morgan fingerprint density at radius 3 is 2.11 bits per heavy atom. The molecule has 0 saturated heterocycles. The summed E-state index contributed by atoms with van der Waals surface area (Å²) in [6, 6.07) is 29.1. The monoisotopic (exact) mass is 353 g/mol. The minimum Gasteiger partial charge on any atom is -0.308 e. The van der Waals surface area contributed by atoms with Crippen molar-refractivity contribution in [3.05, 3.63) is 108 Å². The Labute approximate surface area is 160 Å². The van der Waals surface area contributed by atoms with Crippen molar-refractivity contribution in [2.75, 3.05) is 0 Å². The van der Waals surface area contributed by atoms with Crippen LogP contribution in [0.25, 0.3) is 16.9 Å². The molecule has 0 aliphatic rings. The molecule has 0 amide bonds. The molecule has 1 aromatic heterocycles. The van der Waals surface area contributed by atoms with E-state index in [1.54, 1.807) is 0 Å². The van der Waals surface area contributed by atoms with E-state index < -0.39 is 0 Å². The average molecular weight is 353 g/mol. The van der Waals surface area contributed by atoms with Crippen LogP contribution in [0.4, 0.5) is 0 Å². The second-order valence-corrected chi connectivity index (χ2v) is 6.68. The molecule has 0 aliphatic carbocycles. The SMILES string of the molecule is Cc1ccccc1CNCc1cn(-c2ccccc2)nc1-c1ccccc1. The van der Waals surface area contributed by atoms with Gasteiger partial charge in [-0.25, -0.2) is 4.68 Å². The van der Waals surface area contributed by atoms with Crippen LogP contribution in [-0.2, 0) is 13.1 Å². The van der Waals surface area contributed by atoms with Gasteiger partial charge in [0, 0.05) is 30.4 Å². The molecular formula is C24H23N3. The summed E-state index contributed by atoms with van der Waals surface area (Å²) in [5.41, 5.74) is 7.07. The molecule has 0 saturated carbocycles. The molecular weight excluding hydrogens is 330 g/mol. The first-order chi connectivity index (χ1) is 13.3. The highest BCUT2D eigenvalue weighted by atomic mass is 15.3. The first-order valence-electron chi connectivity index (χ1n) is 9.26. The van der Waals surface area contributed by atoms with Crippen LogP contribution in [0.3, 0.4) is 0 Å². The van der Waals surface area contributed by atoms with Gasteiger partial charge in [0.05, 0.1) is 11.4 Å². The number of benzene rings is 3. The summed E-state index contributed by atoms with van der Waals surface area (Å²) < 4.78 is 1.97. The average Bonchev–Trinajstić information content (AvgIpc) is 3.15. The fourth-order valence-corrected chi connectivity index (χ4v) is 3.23. The lowest BCUT2D eigenvalue weighted by Gasteiger charge is -2.08. The second-order valence-electron chi connectivity index (χ2n) is 6.68. The van der Waals surface area contributed by atoms with Gasteiger partial charge in [-0.2, -0.15) is 5.10 Å². The fraction of sp³-hybridized carbons (Fsp3) is 0.125. The van der Waals surface area contributed by atoms with Crippen molar-refractivity contribution in [1.29, 1.82) is 0 Å². The van der Waals surface area contributed by atoms with Gasteiger partial charge in [-0.1, -0.05) is 72.8 Å². The van der Waals surface area contributed by atoms with Gasteiger partial charge in [0.15, 0.2) is 0 Å². The summed E-state index contributed by atoms with van der Waals surface area (Å²) in [5.74, 6) is 0. The number of aromatic nitrogens is 2. The molecule has 27 heavy (non-hydrogen) atoms. The van der Waals surface area contributed by atoms with Crippen LogP contribution in [0, 0.1) is 6.92 Å². The van der Waals surface area contributed by atoms with Crippen molar-refractivity contribution in [1.82, 2.24) is 15.1 Å². The third-order valence-electron chi connectivity index (χ3n) is 4.75. The molecule has 0 aliphatic heterocycles. The van der Waals surface area contributed by atoms with Crippen molar-refractivity contribution in [3.8, 4) is 16.9 Å². The van der Waals surface area contributed by atoms with Gasteiger partial charge in [0.25, 0.3) is 0 Å². The number of para-hydroxylation sites is 1. The van der Waals surface area contributed by atoms with Gasteiger partial charge in [-0.15, -0.1) is 0 Å². The van der Waals surface area contributed by atoms with Crippen LogP contribution in [0.15, 0.2) is 91.1 Å². The number of hydrogen-bond acceptors (Lipinski definition) is 2. The normalized spacial score (nSPS) is 10.9. The van der Waals surface area contributed by atoms with E-state index in [2.05, 4.69) is 79.1 Å². The standard InChI is InChI=1S/C24H23N3/c1-19-10-8-9-13-21(19)16-25-17-22-18-27(23-14-6-3-7-15-23)26-24(22)20-11-4-2-5-12-20/h2-15,18,25H,16-17H2,1H3. The van der Waals surface area contributed by atoms with E-state index in [9.17, 15) is 0 Å². The molecule has 3 nitrogen and oxygen atoms in total. The van der Waals surface area contributed by atoms with Crippen molar-refractivity contribution in [2.24, 2.45) is 0 Å². The van der Waals surface area contributed by atoms with Crippen molar-refractivity contribution >= 4 is 0 Å². The molecule has 0 spiro atoms. The second kappa shape index (κ2) is 8.02. The highest BCUT2D eigenvalue weighted by Gasteiger charge is 2.12. The molecule has 3 aromatic carbocycles. The van der Waals surface area contributed by atoms with E-state index in [1.165, 1.54) is 16.7 Å². The zero-order valence-corrected chi connectivity index (χ0v) is 15.5. The summed E-state index contributed by atoms with van der Waals surface area (Å²) in [4.78, 5) is 0. The molecule has 4 rings (SSSR count). The summed E-state index contributed by atoms with van der Waals surface area (Å²) in [5, 5.41) is 8.45. The van der Waals surface area contributed by atoms with E-state index in [-0.39, 0.29) is 0 Å². The van der Waals surface area contributed by atoms with Crippen molar-refractivity contribution in [3.63, 3.8) is 0 Å². The first-order valence-corrected chi connectivity index (χ1v) is 9.26. The topological polar surface area (TPSA) is 29.9 Å². The van der Waals surface area contributed by atoms with E-state index in [0.717, 1.165) is 30.0 Å². The maximum absolute atomic E-state index is 4.87. The maximum atomic E-state index is 4.87. The highest BCUT2D eigenvalue weighted by molar-refractivity contribution is 5.63. The number of aryl methyl sites for hydroxylation is 1. The van der Waals surface area contributed by atoms with Crippen LogP contribution in [0.2, 0.25) is 0 Å². The Morgan fingerprint density at radius 2 is 1.37 bits per heavy atom. The van der Waals surface area contributed by atoms with Gasteiger partial charge in [-0.05, 0) is 30.2 Å². The first kappa shape index (κ1) is 17.3. The lowest BCUT2D eigenvalue weighted by molar-refractivity contribution is 0.691. The smallest absolute Gasteiger partial charge is 0.0972 e. The van der Waals surface area contributed by atoms with Crippen molar-refractivity contribution < 1.29 is 0 Å². The Bertz CT molecular complexity index is 1000. The summed E-state index contributed by atoms with van der Waals surface area (Å²) in [6.45, 7) is 3.77. The number of nitrogens with zero attached hydrogens (tertiary/aromatic N) is 2. The third-order valence-corrected chi connectivity index (χ3v) is 4.75. The van der Waals surface area contributed by atoms with Gasteiger partial charge >= 0.3 is 0 Å². The number of rotatable bonds is 6. The molecule has 0 unspecified atom stereocenters. The summed E-state index contributed by atoms with van der Waals surface area (Å²) in [6.07, 6.45) is 2.13. The van der Waals surface area contributed by atoms with Crippen LogP contribution < -0.4 is 5.32 Å². The zero-order valence-electron chi connectivity index (χ0n) is 15.5. The minimum atomic E-state index is 0.769. The Hall–Kier alpha value is -3.17. The molecule has 134 valence electrons. The van der Waals surface area contributed by atoms with Gasteiger partial charge < -0.3 is 5.32 Å². The van der Waals surface area contributed by atoms with Crippen LogP contribution in [0.5, 0.6) is 0 Å². The van der Waals surface area contributed by atoms with Crippen LogP contribution in [-0.4, -0.2) is 9.78 Å². The van der Waals surface area contributed by atoms with E-state index in [1.807, 2.05) is 28.9 Å². The fourth-order valence-electron chi connectivity index (χ4n) is 3.23. The predicted octanol–water partition coefficient (Wildman–Crippen LogP) is 5.14. The van der Waals surface area contributed by atoms with E-state index in [0.29, 0.717) is 0 Å².